The minimum absolute atomic E-state index is 0.850. The van der Waals surface area contributed by atoms with Crippen LogP contribution in [0.25, 0.3) is 10.2 Å². The van der Waals surface area contributed by atoms with Gasteiger partial charge in [0.2, 0.25) is 0 Å². The highest BCUT2D eigenvalue weighted by atomic mass is 32.1. The maximum atomic E-state index is 5.21. The summed E-state index contributed by atoms with van der Waals surface area (Å²) in [4.78, 5) is 11.7. The molecule has 1 aliphatic carbocycles. The molecule has 0 fully saturated rings. The average Bonchev–Trinajstić information content (AvgIpc) is 2.98. The summed E-state index contributed by atoms with van der Waals surface area (Å²) in [5.41, 5.74) is 4.52. The van der Waals surface area contributed by atoms with E-state index in [1.54, 1.807) is 13.4 Å². The Hall–Kier alpha value is -3.12. The maximum absolute atomic E-state index is 5.21. The predicted octanol–water partition coefficient (Wildman–Crippen LogP) is 6.46. The summed E-state index contributed by atoms with van der Waals surface area (Å²) in [6, 6.07) is 16.2. The third kappa shape index (κ3) is 3.83. The van der Waals surface area contributed by atoms with Gasteiger partial charge >= 0.3 is 0 Å². The number of thiophene rings is 1. The number of fused-ring (bicyclic) bond motifs is 3. The van der Waals surface area contributed by atoms with Crippen LogP contribution in [0.5, 0.6) is 5.75 Å². The van der Waals surface area contributed by atoms with E-state index in [0.29, 0.717) is 0 Å². The second kappa shape index (κ2) is 8.32. The van der Waals surface area contributed by atoms with Crippen molar-refractivity contribution in [1.29, 1.82) is 0 Å². The number of rotatable bonds is 5. The van der Waals surface area contributed by atoms with Gasteiger partial charge < -0.3 is 15.4 Å². The normalized spacial score (nSPS) is 13.5. The fraction of sp³-hybridized carbons (Fsp3) is 0.250. The Bertz CT molecular complexity index is 1150. The van der Waals surface area contributed by atoms with Crippen molar-refractivity contribution in [2.24, 2.45) is 0 Å². The maximum Gasteiger partial charge on any atom is 0.142 e. The van der Waals surface area contributed by atoms with E-state index in [0.717, 1.165) is 39.9 Å². The molecule has 0 saturated heterocycles. The molecule has 2 heterocycles. The number of ether oxygens (including phenoxy) is 1. The van der Waals surface area contributed by atoms with Crippen molar-refractivity contribution in [2.45, 2.75) is 32.1 Å². The van der Waals surface area contributed by atoms with Crippen LogP contribution in [-0.4, -0.2) is 17.1 Å². The second-order valence-electron chi connectivity index (χ2n) is 7.52. The molecule has 0 unspecified atom stereocenters. The molecule has 30 heavy (non-hydrogen) atoms. The predicted molar refractivity (Wildman–Crippen MR) is 125 cm³/mol. The third-order valence-electron chi connectivity index (χ3n) is 5.53. The first-order chi connectivity index (χ1) is 14.8. The number of hydrogen-bond donors (Lipinski definition) is 2. The minimum Gasteiger partial charge on any atom is -0.497 e. The Morgan fingerprint density at radius 3 is 2.20 bits per heavy atom. The quantitative estimate of drug-likeness (QED) is 0.366. The van der Waals surface area contributed by atoms with E-state index in [4.69, 9.17) is 4.74 Å². The highest BCUT2D eigenvalue weighted by Gasteiger charge is 2.19. The minimum atomic E-state index is 0.850. The van der Waals surface area contributed by atoms with Crippen molar-refractivity contribution in [3.8, 4) is 5.75 Å². The molecule has 0 aliphatic heterocycles. The molecule has 4 aromatic rings. The van der Waals surface area contributed by atoms with Gasteiger partial charge in [-0.25, -0.2) is 9.97 Å². The second-order valence-corrected chi connectivity index (χ2v) is 8.61. The molecule has 6 heteroatoms. The van der Waals surface area contributed by atoms with Gasteiger partial charge in [-0.2, -0.15) is 0 Å². The number of methoxy groups -OCH3 is 1. The molecule has 0 bridgehead atoms. The van der Waals surface area contributed by atoms with Crippen LogP contribution < -0.4 is 15.4 Å². The van der Waals surface area contributed by atoms with Crippen molar-refractivity contribution in [1.82, 2.24) is 9.97 Å². The lowest BCUT2D eigenvalue weighted by Gasteiger charge is -2.11. The third-order valence-corrected chi connectivity index (χ3v) is 6.73. The molecule has 5 rings (SSSR count). The molecule has 2 N–H and O–H groups in total. The number of nitrogens with zero attached hydrogens (tertiary/aromatic N) is 2. The molecule has 0 atom stereocenters. The molecule has 5 nitrogen and oxygen atoms in total. The van der Waals surface area contributed by atoms with Crippen LogP contribution in [-0.2, 0) is 12.8 Å². The van der Waals surface area contributed by atoms with Crippen LogP contribution >= 0.6 is 11.3 Å². The van der Waals surface area contributed by atoms with Gasteiger partial charge in [-0.3, -0.25) is 0 Å². The van der Waals surface area contributed by atoms with E-state index >= 15 is 0 Å². The number of hydrogen-bond acceptors (Lipinski definition) is 6. The van der Waals surface area contributed by atoms with Crippen molar-refractivity contribution in [2.75, 3.05) is 17.7 Å². The zero-order valence-corrected chi connectivity index (χ0v) is 17.8. The van der Waals surface area contributed by atoms with Gasteiger partial charge in [0.15, 0.2) is 0 Å². The van der Waals surface area contributed by atoms with Gasteiger partial charge in [-0.1, -0.05) is 6.42 Å². The molecule has 0 radical (unpaired) electrons. The van der Waals surface area contributed by atoms with Crippen LogP contribution in [0.2, 0.25) is 0 Å². The first-order valence-corrected chi connectivity index (χ1v) is 11.2. The molecule has 0 saturated carbocycles. The lowest BCUT2D eigenvalue weighted by Crippen LogP contribution is -1.97. The van der Waals surface area contributed by atoms with Gasteiger partial charge in [0.05, 0.1) is 12.5 Å². The van der Waals surface area contributed by atoms with E-state index in [1.807, 2.05) is 35.6 Å². The van der Waals surface area contributed by atoms with Crippen molar-refractivity contribution < 1.29 is 4.74 Å². The van der Waals surface area contributed by atoms with E-state index in [1.165, 1.54) is 41.5 Å². The summed E-state index contributed by atoms with van der Waals surface area (Å²) < 4.78 is 5.21. The molecule has 0 amide bonds. The lowest BCUT2D eigenvalue weighted by molar-refractivity contribution is 0.415. The monoisotopic (exact) mass is 416 g/mol. The van der Waals surface area contributed by atoms with E-state index in [2.05, 4.69) is 44.9 Å². The zero-order chi connectivity index (χ0) is 20.3. The SMILES string of the molecule is COc1ccc(Nc2ccc(Nc3ncnc4sc5c(c34)CCCCC5)cc2)cc1. The summed E-state index contributed by atoms with van der Waals surface area (Å²) in [5, 5.41) is 8.14. The Balaban J connectivity index is 1.37. The summed E-state index contributed by atoms with van der Waals surface area (Å²) in [6.07, 6.45) is 7.79. The first kappa shape index (κ1) is 18.9. The van der Waals surface area contributed by atoms with E-state index in [-0.39, 0.29) is 0 Å². The number of nitrogens with one attached hydrogen (secondary N) is 2. The van der Waals surface area contributed by atoms with Crippen molar-refractivity contribution >= 4 is 44.4 Å². The summed E-state index contributed by atoms with van der Waals surface area (Å²) in [5.74, 6) is 1.76. The molecule has 1 aliphatic rings. The first-order valence-electron chi connectivity index (χ1n) is 10.3. The number of aromatic nitrogens is 2. The number of anilines is 4. The van der Waals surface area contributed by atoms with Crippen molar-refractivity contribution in [3.05, 3.63) is 65.3 Å². The molecule has 2 aromatic carbocycles. The summed E-state index contributed by atoms with van der Waals surface area (Å²) in [7, 11) is 1.67. The van der Waals surface area contributed by atoms with Crippen LogP contribution in [0.4, 0.5) is 22.9 Å². The Labute approximate surface area is 180 Å². The molecule has 2 aromatic heterocycles. The highest BCUT2D eigenvalue weighted by molar-refractivity contribution is 7.18. The smallest absolute Gasteiger partial charge is 0.142 e. The highest BCUT2D eigenvalue weighted by Crippen LogP contribution is 2.38. The van der Waals surface area contributed by atoms with E-state index in [9.17, 15) is 0 Å². The lowest BCUT2D eigenvalue weighted by atomic mass is 10.1. The Morgan fingerprint density at radius 2 is 1.47 bits per heavy atom. The van der Waals surface area contributed by atoms with Gasteiger partial charge in [-0.05, 0) is 79.8 Å². The fourth-order valence-electron chi connectivity index (χ4n) is 3.98. The zero-order valence-electron chi connectivity index (χ0n) is 16.9. The van der Waals surface area contributed by atoms with Crippen LogP contribution in [0.15, 0.2) is 54.9 Å². The fourth-order valence-corrected chi connectivity index (χ4v) is 5.21. The van der Waals surface area contributed by atoms with Gasteiger partial charge in [0, 0.05) is 21.9 Å². The van der Waals surface area contributed by atoms with E-state index < -0.39 is 0 Å². The average molecular weight is 417 g/mol. The van der Waals surface area contributed by atoms with Crippen LogP contribution in [0, 0.1) is 0 Å². The largest absolute Gasteiger partial charge is 0.497 e. The van der Waals surface area contributed by atoms with Crippen LogP contribution in [0.1, 0.15) is 29.7 Å². The van der Waals surface area contributed by atoms with Crippen molar-refractivity contribution in [3.63, 3.8) is 0 Å². The van der Waals surface area contributed by atoms with Gasteiger partial charge in [0.25, 0.3) is 0 Å². The molecular weight excluding hydrogens is 392 g/mol. The Kier molecular flexibility index (Phi) is 5.24. The topological polar surface area (TPSA) is 59.1 Å². The molecule has 152 valence electrons. The molecule has 0 spiro atoms. The standard InChI is InChI=1S/C24H24N4OS/c1-29-19-13-11-17(12-14-19)27-16-7-9-18(10-8-16)28-23-22-20-5-3-2-4-6-21(20)30-24(22)26-15-25-23/h7-15,27H,2-6H2,1H3,(H,25,26,28). The van der Waals surface area contributed by atoms with Gasteiger partial charge in [-0.15, -0.1) is 11.3 Å². The Morgan fingerprint density at radius 1 is 0.800 bits per heavy atom. The number of benzene rings is 2. The summed E-state index contributed by atoms with van der Waals surface area (Å²) >= 11 is 1.83. The van der Waals surface area contributed by atoms with Gasteiger partial charge in [0.1, 0.15) is 22.7 Å². The van der Waals surface area contributed by atoms with Crippen LogP contribution in [0.3, 0.4) is 0 Å². The number of aryl methyl sites for hydroxylation is 2. The molecular formula is C24H24N4OS. The summed E-state index contributed by atoms with van der Waals surface area (Å²) in [6.45, 7) is 0.